The second-order valence-electron chi connectivity index (χ2n) is 4.46. The summed E-state index contributed by atoms with van der Waals surface area (Å²) in [6.07, 6.45) is 0. The number of hydrogen-bond acceptors (Lipinski definition) is 3. The van der Waals surface area contributed by atoms with Gasteiger partial charge in [-0.3, -0.25) is 4.79 Å². The van der Waals surface area contributed by atoms with E-state index < -0.39 is 11.7 Å². The third-order valence-electron chi connectivity index (χ3n) is 2.91. The number of halogens is 1. The molecule has 0 fully saturated rings. The van der Waals surface area contributed by atoms with Gasteiger partial charge in [0.25, 0.3) is 5.91 Å². The topological polar surface area (TPSA) is 86.6 Å². The van der Waals surface area contributed by atoms with E-state index in [2.05, 4.69) is 21.2 Å². The number of phenols is 1. The lowest BCUT2D eigenvalue weighted by Gasteiger charge is -2.08. The molecule has 2 aromatic carbocycles. The number of carbonyl (C=O) groups excluding carboxylic acids is 1. The van der Waals surface area contributed by atoms with E-state index in [0.29, 0.717) is 11.3 Å². The predicted octanol–water partition coefficient (Wildman–Crippen LogP) is 3.41. The fourth-order valence-electron chi connectivity index (χ4n) is 1.78. The first-order valence-corrected chi connectivity index (χ1v) is 6.81. The highest BCUT2D eigenvalue weighted by Gasteiger charge is 2.12. The van der Waals surface area contributed by atoms with Gasteiger partial charge in [0.2, 0.25) is 0 Å². The largest absolute Gasteiger partial charge is 0.507 e. The van der Waals surface area contributed by atoms with Gasteiger partial charge in [-0.05, 0) is 42.8 Å². The zero-order chi connectivity index (χ0) is 15.6. The maximum atomic E-state index is 12.1. The van der Waals surface area contributed by atoms with Crippen LogP contribution in [0.15, 0.2) is 40.9 Å². The van der Waals surface area contributed by atoms with Crippen LogP contribution in [0.1, 0.15) is 26.3 Å². The first-order valence-electron chi connectivity index (χ1n) is 6.02. The van der Waals surface area contributed by atoms with Crippen LogP contribution in [0.4, 0.5) is 5.69 Å². The third-order valence-corrected chi connectivity index (χ3v) is 3.80. The van der Waals surface area contributed by atoms with Crippen molar-refractivity contribution in [3.63, 3.8) is 0 Å². The number of benzene rings is 2. The van der Waals surface area contributed by atoms with E-state index in [0.717, 1.165) is 10.0 Å². The Morgan fingerprint density at radius 1 is 1.14 bits per heavy atom. The van der Waals surface area contributed by atoms with Crippen molar-refractivity contribution in [2.24, 2.45) is 0 Å². The van der Waals surface area contributed by atoms with Gasteiger partial charge in [0, 0.05) is 21.8 Å². The minimum atomic E-state index is -1.23. The molecule has 0 radical (unpaired) electrons. The summed E-state index contributed by atoms with van der Waals surface area (Å²) in [5.41, 5.74) is 1.50. The number of amides is 1. The quantitative estimate of drug-likeness (QED) is 0.792. The van der Waals surface area contributed by atoms with E-state index in [9.17, 15) is 14.7 Å². The van der Waals surface area contributed by atoms with Crippen LogP contribution in [-0.4, -0.2) is 22.1 Å². The minimum Gasteiger partial charge on any atom is -0.507 e. The summed E-state index contributed by atoms with van der Waals surface area (Å²) in [6.45, 7) is 1.87. The fraction of sp³-hybridized carbons (Fsp3) is 0.0667. The van der Waals surface area contributed by atoms with Crippen molar-refractivity contribution in [3.05, 3.63) is 57.6 Å². The molecule has 108 valence electrons. The molecular weight excluding hydrogens is 338 g/mol. The Kier molecular flexibility index (Phi) is 4.28. The zero-order valence-electron chi connectivity index (χ0n) is 11.1. The van der Waals surface area contributed by atoms with Crippen LogP contribution in [0.25, 0.3) is 0 Å². The summed E-state index contributed by atoms with van der Waals surface area (Å²) < 4.78 is 0.905. The number of aromatic hydroxyl groups is 1. The summed E-state index contributed by atoms with van der Waals surface area (Å²) in [6, 6.07) is 9.03. The maximum absolute atomic E-state index is 12.1. The number of nitrogens with one attached hydrogen (secondary N) is 1. The second kappa shape index (κ2) is 5.97. The molecule has 0 aliphatic carbocycles. The lowest BCUT2D eigenvalue weighted by atomic mass is 10.1. The van der Waals surface area contributed by atoms with E-state index >= 15 is 0 Å². The number of anilines is 1. The normalized spacial score (nSPS) is 10.2. The summed E-state index contributed by atoms with van der Waals surface area (Å²) in [5.74, 6) is -1.96. The van der Waals surface area contributed by atoms with Crippen molar-refractivity contribution in [1.82, 2.24) is 0 Å². The molecule has 21 heavy (non-hydrogen) atoms. The SMILES string of the molecule is Cc1cc(C(=O)Nc2ccc(C(=O)O)c(O)c2)ccc1Br. The fourth-order valence-corrected chi connectivity index (χ4v) is 2.03. The molecule has 0 saturated heterocycles. The molecule has 0 aromatic heterocycles. The summed E-state index contributed by atoms with van der Waals surface area (Å²) >= 11 is 3.36. The Hall–Kier alpha value is -2.34. The first-order chi connectivity index (χ1) is 9.88. The molecule has 0 atom stereocenters. The van der Waals surface area contributed by atoms with Crippen molar-refractivity contribution >= 4 is 33.5 Å². The Morgan fingerprint density at radius 3 is 2.43 bits per heavy atom. The first kappa shape index (κ1) is 15.1. The molecular formula is C15H12BrNO4. The predicted molar refractivity (Wildman–Crippen MR) is 81.9 cm³/mol. The standard InChI is InChI=1S/C15H12BrNO4/c1-8-6-9(2-5-12(8)16)14(19)17-10-3-4-11(15(20)21)13(18)7-10/h2-7,18H,1H3,(H,17,19)(H,20,21). The highest BCUT2D eigenvalue weighted by Crippen LogP contribution is 2.23. The summed E-state index contributed by atoms with van der Waals surface area (Å²) in [7, 11) is 0. The number of aromatic carboxylic acids is 1. The van der Waals surface area contributed by atoms with E-state index in [1.807, 2.05) is 6.92 Å². The number of carbonyl (C=O) groups is 2. The highest BCUT2D eigenvalue weighted by atomic mass is 79.9. The number of rotatable bonds is 3. The minimum absolute atomic E-state index is 0.215. The van der Waals surface area contributed by atoms with Gasteiger partial charge in [0.15, 0.2) is 0 Å². The van der Waals surface area contributed by atoms with Crippen LogP contribution >= 0.6 is 15.9 Å². The monoisotopic (exact) mass is 349 g/mol. The Morgan fingerprint density at radius 2 is 1.86 bits per heavy atom. The molecule has 5 nitrogen and oxygen atoms in total. The zero-order valence-corrected chi connectivity index (χ0v) is 12.6. The van der Waals surface area contributed by atoms with Crippen molar-refractivity contribution in [1.29, 1.82) is 0 Å². The summed E-state index contributed by atoms with van der Waals surface area (Å²) in [5, 5.41) is 21.0. The van der Waals surface area contributed by atoms with Crippen LogP contribution < -0.4 is 5.32 Å². The molecule has 0 bridgehead atoms. The highest BCUT2D eigenvalue weighted by molar-refractivity contribution is 9.10. The molecule has 2 aromatic rings. The molecule has 0 spiro atoms. The molecule has 0 heterocycles. The van der Waals surface area contributed by atoms with E-state index in [1.54, 1.807) is 18.2 Å². The number of carboxylic acid groups (broad SMARTS) is 1. The molecule has 6 heteroatoms. The van der Waals surface area contributed by atoms with Crippen LogP contribution in [0.2, 0.25) is 0 Å². The van der Waals surface area contributed by atoms with Crippen molar-refractivity contribution in [3.8, 4) is 5.75 Å². The lowest BCUT2D eigenvalue weighted by Crippen LogP contribution is -2.12. The molecule has 1 amide bonds. The van der Waals surface area contributed by atoms with Gasteiger partial charge in [-0.25, -0.2) is 4.79 Å². The molecule has 0 aliphatic heterocycles. The summed E-state index contributed by atoms with van der Waals surface area (Å²) in [4.78, 5) is 22.9. The molecule has 0 unspecified atom stereocenters. The Balaban J connectivity index is 2.21. The van der Waals surface area contributed by atoms with Crippen molar-refractivity contribution in [2.75, 3.05) is 5.32 Å². The van der Waals surface area contributed by atoms with Gasteiger partial charge in [0.05, 0.1) is 0 Å². The lowest BCUT2D eigenvalue weighted by molar-refractivity contribution is 0.0693. The Labute approximate surface area is 129 Å². The van der Waals surface area contributed by atoms with Gasteiger partial charge in [-0.15, -0.1) is 0 Å². The number of hydrogen-bond donors (Lipinski definition) is 3. The number of carboxylic acids is 1. The smallest absolute Gasteiger partial charge is 0.339 e. The Bertz CT molecular complexity index is 728. The van der Waals surface area contributed by atoms with Crippen molar-refractivity contribution < 1.29 is 19.8 Å². The van der Waals surface area contributed by atoms with Crippen LogP contribution in [0.5, 0.6) is 5.75 Å². The molecule has 0 aliphatic rings. The van der Waals surface area contributed by atoms with Gasteiger partial charge in [0.1, 0.15) is 11.3 Å². The van der Waals surface area contributed by atoms with Crippen LogP contribution in [0, 0.1) is 6.92 Å². The van der Waals surface area contributed by atoms with E-state index in [4.69, 9.17) is 5.11 Å². The van der Waals surface area contributed by atoms with Crippen LogP contribution in [0.3, 0.4) is 0 Å². The molecule has 2 rings (SSSR count). The molecule has 3 N–H and O–H groups in total. The van der Waals surface area contributed by atoms with Gasteiger partial charge in [-0.1, -0.05) is 15.9 Å². The second-order valence-corrected chi connectivity index (χ2v) is 5.31. The van der Waals surface area contributed by atoms with Gasteiger partial charge < -0.3 is 15.5 Å². The average molecular weight is 350 g/mol. The van der Waals surface area contributed by atoms with E-state index in [1.165, 1.54) is 18.2 Å². The van der Waals surface area contributed by atoms with Gasteiger partial charge >= 0.3 is 5.97 Å². The van der Waals surface area contributed by atoms with Crippen LogP contribution in [-0.2, 0) is 0 Å². The van der Waals surface area contributed by atoms with Crippen molar-refractivity contribution in [2.45, 2.75) is 6.92 Å². The average Bonchev–Trinajstić information content (AvgIpc) is 2.41. The molecule has 0 saturated carbocycles. The third kappa shape index (κ3) is 3.41. The van der Waals surface area contributed by atoms with E-state index in [-0.39, 0.29) is 11.5 Å². The maximum Gasteiger partial charge on any atom is 0.339 e. The number of aryl methyl sites for hydroxylation is 1. The van der Waals surface area contributed by atoms with Gasteiger partial charge in [-0.2, -0.15) is 0 Å².